The van der Waals surface area contributed by atoms with E-state index in [1.165, 1.54) is 0 Å². The fourth-order valence-electron chi connectivity index (χ4n) is 2.26. The van der Waals surface area contributed by atoms with Crippen LogP contribution in [0.1, 0.15) is 12.8 Å². The second-order valence-corrected chi connectivity index (χ2v) is 5.83. The predicted molar refractivity (Wildman–Crippen MR) is 99.3 cm³/mol. The Bertz CT molecular complexity index is 387. The van der Waals surface area contributed by atoms with Crippen LogP contribution in [-0.4, -0.2) is 92.2 Å². The minimum Gasteiger partial charge on any atom is -0.382 e. The summed E-state index contributed by atoms with van der Waals surface area (Å²) in [4.78, 5) is 33.0. The van der Waals surface area contributed by atoms with E-state index in [-0.39, 0.29) is 39.3 Å². The van der Waals surface area contributed by atoms with E-state index in [1.807, 2.05) is 0 Å². The zero-order valence-electron chi connectivity index (χ0n) is 17.2. The van der Waals surface area contributed by atoms with Crippen molar-refractivity contribution in [3.8, 4) is 0 Å². The second-order valence-electron chi connectivity index (χ2n) is 5.83. The molecule has 29 heavy (non-hydrogen) atoms. The molecule has 0 rings (SSSR count). The molecule has 0 spiro atoms. The molecule has 0 aromatic rings. The zero-order valence-corrected chi connectivity index (χ0v) is 17.2. The van der Waals surface area contributed by atoms with Crippen LogP contribution in [-0.2, 0) is 47.7 Å². The fourth-order valence-corrected chi connectivity index (χ4v) is 2.26. The summed E-state index contributed by atoms with van der Waals surface area (Å²) in [6.45, 7) is 3.16. The maximum atomic E-state index is 12.2. The third-order valence-corrected chi connectivity index (χ3v) is 3.95. The number of methoxy groups -OCH3 is 2. The molecule has 4 N–H and O–H groups in total. The number of hydrogen-bond donors (Lipinski definition) is 2. The molecule has 0 atom stereocenters. The summed E-state index contributed by atoms with van der Waals surface area (Å²) in [6.07, 6.45) is -0.102. The highest BCUT2D eigenvalue weighted by Gasteiger charge is 2.48. The van der Waals surface area contributed by atoms with Crippen molar-refractivity contribution < 1.29 is 47.7 Å². The highest BCUT2D eigenvalue weighted by molar-refractivity contribution is 5.99. The van der Waals surface area contributed by atoms with Gasteiger partial charge in [-0.15, -0.1) is 0 Å². The minimum atomic E-state index is -1.74. The second kappa shape index (κ2) is 18.6. The lowest BCUT2D eigenvalue weighted by atomic mass is 9.81. The van der Waals surface area contributed by atoms with Crippen molar-refractivity contribution in [3.05, 3.63) is 0 Å². The molecule has 0 aliphatic carbocycles. The molecule has 0 bridgehead atoms. The molecular formula is C17H34N2O10. The lowest BCUT2D eigenvalue weighted by Gasteiger charge is -2.27. The molecule has 0 aromatic carbocycles. The van der Waals surface area contributed by atoms with Gasteiger partial charge >= 0.3 is 11.9 Å². The maximum Gasteiger partial charge on any atom is 0.342 e. The lowest BCUT2D eigenvalue weighted by Crippen LogP contribution is -2.45. The van der Waals surface area contributed by atoms with Gasteiger partial charge in [-0.05, 0) is 12.8 Å². The number of carbonyl (C=O) groups excluding carboxylic acids is 2. The first kappa shape index (κ1) is 27.6. The number of nitrogens with two attached hydrogens (primary N) is 2. The van der Waals surface area contributed by atoms with Gasteiger partial charge in [0.15, 0.2) is 5.41 Å². The number of rotatable bonds is 20. The van der Waals surface area contributed by atoms with Crippen molar-refractivity contribution in [1.82, 2.24) is 0 Å². The first-order chi connectivity index (χ1) is 14.1. The molecule has 0 fully saturated rings. The molecule has 0 radical (unpaired) electrons. The van der Waals surface area contributed by atoms with Gasteiger partial charge in [0.1, 0.15) is 0 Å². The predicted octanol–water partition coefficient (Wildman–Crippen LogP) is -1.05. The Morgan fingerprint density at radius 3 is 1.21 bits per heavy atom. The maximum absolute atomic E-state index is 12.2. The summed E-state index contributed by atoms with van der Waals surface area (Å²) in [7, 11) is 3.15. The quantitative estimate of drug-likeness (QED) is 0.138. The number of ether oxygens (including phenoxy) is 6. The van der Waals surface area contributed by atoms with E-state index in [4.69, 9.17) is 40.2 Å². The van der Waals surface area contributed by atoms with Gasteiger partial charge in [0.05, 0.1) is 52.9 Å². The Kier molecular flexibility index (Phi) is 17.7. The Morgan fingerprint density at radius 1 is 0.586 bits per heavy atom. The van der Waals surface area contributed by atoms with Gasteiger partial charge in [0.2, 0.25) is 0 Å². The summed E-state index contributed by atoms with van der Waals surface area (Å²) in [6, 6.07) is 0. The lowest BCUT2D eigenvalue weighted by molar-refractivity contribution is -0.177. The average Bonchev–Trinajstić information content (AvgIpc) is 2.74. The van der Waals surface area contributed by atoms with Crippen molar-refractivity contribution in [2.75, 3.05) is 80.3 Å². The van der Waals surface area contributed by atoms with Crippen molar-refractivity contribution >= 4 is 11.9 Å². The SMILES string of the molecule is COCCOCCOCCC(CCOCCOCCOC)(C(=O)ON)C(=O)ON. The van der Waals surface area contributed by atoms with E-state index in [0.29, 0.717) is 39.6 Å². The van der Waals surface area contributed by atoms with E-state index in [9.17, 15) is 9.59 Å². The molecule has 12 heteroatoms. The van der Waals surface area contributed by atoms with Crippen LogP contribution in [0.15, 0.2) is 0 Å². The summed E-state index contributed by atoms with van der Waals surface area (Å²) in [5.41, 5.74) is -1.74. The van der Waals surface area contributed by atoms with Crippen LogP contribution in [0.25, 0.3) is 0 Å². The molecule has 0 heterocycles. The van der Waals surface area contributed by atoms with Crippen LogP contribution in [0.5, 0.6) is 0 Å². The van der Waals surface area contributed by atoms with Crippen molar-refractivity contribution in [1.29, 1.82) is 0 Å². The topological polar surface area (TPSA) is 160 Å². The molecule has 172 valence electrons. The smallest absolute Gasteiger partial charge is 0.342 e. The minimum absolute atomic E-state index is 0.0508. The molecule has 0 aromatic heterocycles. The average molecular weight is 426 g/mol. The van der Waals surface area contributed by atoms with Crippen LogP contribution in [0, 0.1) is 5.41 Å². The van der Waals surface area contributed by atoms with Crippen LogP contribution in [0.3, 0.4) is 0 Å². The van der Waals surface area contributed by atoms with E-state index < -0.39 is 17.4 Å². The first-order valence-corrected chi connectivity index (χ1v) is 9.20. The van der Waals surface area contributed by atoms with Gasteiger partial charge in [-0.1, -0.05) is 0 Å². The van der Waals surface area contributed by atoms with Gasteiger partial charge in [-0.25, -0.2) is 9.59 Å². The Hall–Kier alpha value is -1.38. The van der Waals surface area contributed by atoms with E-state index in [1.54, 1.807) is 14.2 Å². The monoisotopic (exact) mass is 426 g/mol. The van der Waals surface area contributed by atoms with Crippen LogP contribution in [0.4, 0.5) is 0 Å². The number of carbonyl (C=O) groups is 2. The van der Waals surface area contributed by atoms with Crippen molar-refractivity contribution in [2.45, 2.75) is 12.8 Å². The fraction of sp³-hybridized carbons (Fsp3) is 0.882. The third kappa shape index (κ3) is 12.0. The molecule has 0 saturated carbocycles. The third-order valence-electron chi connectivity index (χ3n) is 3.95. The largest absolute Gasteiger partial charge is 0.382 e. The molecule has 0 aliphatic rings. The molecule has 0 saturated heterocycles. The van der Waals surface area contributed by atoms with Crippen LogP contribution >= 0.6 is 0 Å². The van der Waals surface area contributed by atoms with Gasteiger partial charge in [0.25, 0.3) is 0 Å². The Balaban J connectivity index is 4.46. The van der Waals surface area contributed by atoms with Gasteiger partial charge < -0.3 is 38.1 Å². The van der Waals surface area contributed by atoms with Crippen LogP contribution < -0.4 is 11.8 Å². The summed E-state index contributed by atoms with van der Waals surface area (Å²) >= 11 is 0. The zero-order chi connectivity index (χ0) is 21.8. The standard InChI is InChI=1S/C17H34N2O10/c1-22-7-9-26-13-11-24-5-3-17(15(20)28-18,16(21)29-19)4-6-25-12-14-27-10-8-23-2/h3-14,18-19H2,1-2H3. The Morgan fingerprint density at radius 2 is 0.897 bits per heavy atom. The van der Waals surface area contributed by atoms with Gasteiger partial charge in [-0.3, -0.25) is 0 Å². The molecular weight excluding hydrogens is 392 g/mol. The number of hydrogen-bond acceptors (Lipinski definition) is 12. The molecule has 0 amide bonds. The summed E-state index contributed by atoms with van der Waals surface area (Å²) < 4.78 is 31.0. The van der Waals surface area contributed by atoms with Crippen molar-refractivity contribution in [2.24, 2.45) is 17.2 Å². The van der Waals surface area contributed by atoms with Crippen molar-refractivity contribution in [3.63, 3.8) is 0 Å². The first-order valence-electron chi connectivity index (χ1n) is 9.20. The van der Waals surface area contributed by atoms with E-state index >= 15 is 0 Å². The van der Waals surface area contributed by atoms with Gasteiger partial charge in [0, 0.05) is 27.4 Å². The van der Waals surface area contributed by atoms with Gasteiger partial charge in [-0.2, -0.15) is 11.8 Å². The molecule has 0 unspecified atom stereocenters. The normalized spacial score (nSPS) is 11.4. The molecule has 0 aliphatic heterocycles. The highest BCUT2D eigenvalue weighted by atomic mass is 16.7. The van der Waals surface area contributed by atoms with E-state index in [2.05, 4.69) is 9.68 Å². The Labute approximate surface area is 170 Å². The van der Waals surface area contributed by atoms with E-state index in [0.717, 1.165) is 0 Å². The molecule has 12 nitrogen and oxygen atoms in total. The highest BCUT2D eigenvalue weighted by Crippen LogP contribution is 2.30. The van der Waals surface area contributed by atoms with Crippen LogP contribution in [0.2, 0.25) is 0 Å². The summed E-state index contributed by atoms with van der Waals surface area (Å²) in [5, 5.41) is 0. The summed E-state index contributed by atoms with van der Waals surface area (Å²) in [5.74, 6) is 8.05.